The molecule has 0 unspecified atom stereocenters. The quantitative estimate of drug-likeness (QED) is 0.723. The first kappa shape index (κ1) is 17.2. The lowest BCUT2D eigenvalue weighted by Gasteiger charge is -2.19. The van der Waals surface area contributed by atoms with Crippen molar-refractivity contribution in [3.63, 3.8) is 0 Å². The average Bonchev–Trinajstić information content (AvgIpc) is 3.00. The molecule has 0 spiro atoms. The van der Waals surface area contributed by atoms with Gasteiger partial charge in [0.2, 0.25) is 5.91 Å². The number of nitrogens with one attached hydrogen (secondary N) is 2. The Hall–Kier alpha value is -2.62. The van der Waals surface area contributed by atoms with Crippen LogP contribution in [0.1, 0.15) is 44.1 Å². The van der Waals surface area contributed by atoms with Crippen LogP contribution in [0.4, 0.5) is 5.69 Å². The maximum atomic E-state index is 12.3. The molecule has 0 aliphatic rings. The van der Waals surface area contributed by atoms with Gasteiger partial charge in [-0.15, -0.1) is 0 Å². The second kappa shape index (κ2) is 6.71. The van der Waals surface area contributed by atoms with Gasteiger partial charge in [-0.05, 0) is 49.2 Å². The molecule has 3 aromatic rings. The molecule has 4 heteroatoms. The highest BCUT2D eigenvalue weighted by atomic mass is 16.1. The SMILES string of the molecule is Cc1nc(C(C)(C)C)ccc1CCC(=O)Nc1ccc2[nH]ccc2c1. The van der Waals surface area contributed by atoms with E-state index in [1.54, 1.807) is 0 Å². The third kappa shape index (κ3) is 4.08. The maximum absolute atomic E-state index is 12.3. The lowest BCUT2D eigenvalue weighted by molar-refractivity contribution is -0.116. The Morgan fingerprint density at radius 1 is 1.16 bits per heavy atom. The van der Waals surface area contributed by atoms with Crippen molar-refractivity contribution < 1.29 is 4.79 Å². The van der Waals surface area contributed by atoms with Crippen LogP contribution < -0.4 is 5.32 Å². The molecule has 3 rings (SSSR count). The third-order valence-electron chi connectivity index (χ3n) is 4.42. The van der Waals surface area contributed by atoms with E-state index >= 15 is 0 Å². The third-order valence-corrected chi connectivity index (χ3v) is 4.42. The van der Waals surface area contributed by atoms with Crippen LogP contribution in [0, 0.1) is 6.92 Å². The summed E-state index contributed by atoms with van der Waals surface area (Å²) in [5.74, 6) is 0.0224. The molecule has 2 aromatic heterocycles. The average molecular weight is 335 g/mol. The first-order valence-electron chi connectivity index (χ1n) is 8.67. The monoisotopic (exact) mass is 335 g/mol. The number of rotatable bonds is 4. The van der Waals surface area contributed by atoms with Crippen LogP contribution in [-0.2, 0) is 16.6 Å². The zero-order valence-electron chi connectivity index (χ0n) is 15.3. The Kier molecular flexibility index (Phi) is 4.62. The molecule has 2 heterocycles. The standard InChI is InChI=1S/C21H25N3O/c1-14-15(5-9-19(23-14)21(2,3)4)6-10-20(25)24-17-7-8-18-16(13-17)11-12-22-18/h5,7-9,11-13,22H,6,10H2,1-4H3,(H,24,25). The van der Waals surface area contributed by atoms with E-state index in [1.807, 2.05) is 37.4 Å². The van der Waals surface area contributed by atoms with Gasteiger partial charge in [0.05, 0.1) is 0 Å². The number of aryl methyl sites for hydroxylation is 2. The molecule has 0 atom stereocenters. The van der Waals surface area contributed by atoms with Crippen LogP contribution in [0.3, 0.4) is 0 Å². The van der Waals surface area contributed by atoms with E-state index in [0.29, 0.717) is 12.8 Å². The summed E-state index contributed by atoms with van der Waals surface area (Å²) in [5, 5.41) is 4.07. The summed E-state index contributed by atoms with van der Waals surface area (Å²) in [6, 6.07) is 12.0. The number of carbonyl (C=O) groups is 1. The summed E-state index contributed by atoms with van der Waals surface area (Å²) in [6.45, 7) is 8.48. The highest BCUT2D eigenvalue weighted by Gasteiger charge is 2.16. The Morgan fingerprint density at radius 2 is 1.96 bits per heavy atom. The van der Waals surface area contributed by atoms with Crippen molar-refractivity contribution >= 4 is 22.5 Å². The fourth-order valence-electron chi connectivity index (χ4n) is 2.87. The predicted octanol–water partition coefficient (Wildman–Crippen LogP) is 4.74. The van der Waals surface area contributed by atoms with E-state index in [1.165, 1.54) is 0 Å². The van der Waals surface area contributed by atoms with Gasteiger partial charge in [0, 0.05) is 46.0 Å². The van der Waals surface area contributed by atoms with Crippen molar-refractivity contribution in [3.8, 4) is 0 Å². The molecular formula is C21H25N3O. The number of nitrogens with zero attached hydrogens (tertiary/aromatic N) is 1. The Morgan fingerprint density at radius 3 is 2.68 bits per heavy atom. The molecule has 0 bridgehead atoms. The molecule has 0 aliphatic heterocycles. The van der Waals surface area contributed by atoms with Crippen LogP contribution in [0.2, 0.25) is 0 Å². The lowest BCUT2D eigenvalue weighted by Crippen LogP contribution is -2.15. The van der Waals surface area contributed by atoms with Gasteiger partial charge in [0.1, 0.15) is 0 Å². The van der Waals surface area contributed by atoms with E-state index in [9.17, 15) is 4.79 Å². The summed E-state index contributed by atoms with van der Waals surface area (Å²) in [6.07, 6.45) is 3.04. The molecule has 130 valence electrons. The minimum Gasteiger partial charge on any atom is -0.361 e. The summed E-state index contributed by atoms with van der Waals surface area (Å²) >= 11 is 0. The normalized spacial score (nSPS) is 11.7. The molecule has 25 heavy (non-hydrogen) atoms. The fourth-order valence-corrected chi connectivity index (χ4v) is 2.87. The number of aromatic amines is 1. The number of hydrogen-bond donors (Lipinski definition) is 2. The van der Waals surface area contributed by atoms with Crippen molar-refractivity contribution in [2.24, 2.45) is 0 Å². The van der Waals surface area contributed by atoms with E-state index in [4.69, 9.17) is 4.98 Å². The summed E-state index contributed by atoms with van der Waals surface area (Å²) < 4.78 is 0. The summed E-state index contributed by atoms with van der Waals surface area (Å²) in [5.41, 5.74) is 5.15. The van der Waals surface area contributed by atoms with Gasteiger partial charge in [0.25, 0.3) is 0 Å². The van der Waals surface area contributed by atoms with E-state index in [0.717, 1.165) is 33.5 Å². The number of carbonyl (C=O) groups excluding carboxylic acids is 1. The van der Waals surface area contributed by atoms with Crippen molar-refractivity contribution in [1.29, 1.82) is 0 Å². The number of benzene rings is 1. The number of fused-ring (bicyclic) bond motifs is 1. The second-order valence-electron chi connectivity index (χ2n) is 7.52. The minimum absolute atomic E-state index is 0.0224. The fraction of sp³-hybridized carbons (Fsp3) is 0.333. The molecule has 0 fully saturated rings. The number of hydrogen-bond acceptors (Lipinski definition) is 2. The van der Waals surface area contributed by atoms with Crippen molar-refractivity contribution in [2.45, 2.75) is 46.0 Å². The van der Waals surface area contributed by atoms with Crippen molar-refractivity contribution in [1.82, 2.24) is 9.97 Å². The zero-order chi connectivity index (χ0) is 18.0. The molecule has 0 saturated heterocycles. The largest absolute Gasteiger partial charge is 0.361 e. The molecule has 4 nitrogen and oxygen atoms in total. The number of pyridine rings is 1. The smallest absolute Gasteiger partial charge is 0.224 e. The van der Waals surface area contributed by atoms with Gasteiger partial charge in [-0.25, -0.2) is 0 Å². The minimum atomic E-state index is 0.0224. The van der Waals surface area contributed by atoms with Gasteiger partial charge in [-0.2, -0.15) is 0 Å². The molecular weight excluding hydrogens is 310 g/mol. The Balaban J connectivity index is 1.62. The predicted molar refractivity (Wildman–Crippen MR) is 103 cm³/mol. The van der Waals surface area contributed by atoms with Gasteiger partial charge >= 0.3 is 0 Å². The second-order valence-corrected chi connectivity index (χ2v) is 7.52. The molecule has 1 aromatic carbocycles. The van der Waals surface area contributed by atoms with E-state index in [-0.39, 0.29) is 11.3 Å². The molecule has 2 N–H and O–H groups in total. The highest BCUT2D eigenvalue weighted by molar-refractivity contribution is 5.93. The topological polar surface area (TPSA) is 57.8 Å². The van der Waals surface area contributed by atoms with E-state index in [2.05, 4.69) is 43.2 Å². The lowest BCUT2D eigenvalue weighted by atomic mass is 9.91. The number of anilines is 1. The molecule has 1 amide bonds. The Bertz CT molecular complexity index is 903. The number of aromatic nitrogens is 2. The molecule has 0 radical (unpaired) electrons. The number of amides is 1. The van der Waals surface area contributed by atoms with Gasteiger partial charge in [0.15, 0.2) is 0 Å². The molecule has 0 saturated carbocycles. The Labute approximate surface area is 148 Å². The number of H-pyrrole nitrogens is 1. The van der Waals surface area contributed by atoms with Gasteiger partial charge in [-0.3, -0.25) is 9.78 Å². The first-order chi connectivity index (χ1) is 11.8. The van der Waals surface area contributed by atoms with Crippen LogP contribution in [0.25, 0.3) is 10.9 Å². The molecule has 0 aliphatic carbocycles. The zero-order valence-corrected chi connectivity index (χ0v) is 15.3. The van der Waals surface area contributed by atoms with Gasteiger partial charge < -0.3 is 10.3 Å². The van der Waals surface area contributed by atoms with Crippen LogP contribution >= 0.6 is 0 Å². The van der Waals surface area contributed by atoms with Crippen molar-refractivity contribution in [3.05, 3.63) is 59.5 Å². The van der Waals surface area contributed by atoms with Gasteiger partial charge in [-0.1, -0.05) is 26.8 Å². The van der Waals surface area contributed by atoms with Crippen LogP contribution in [0.15, 0.2) is 42.6 Å². The van der Waals surface area contributed by atoms with Crippen molar-refractivity contribution in [2.75, 3.05) is 5.32 Å². The van der Waals surface area contributed by atoms with Crippen LogP contribution in [0.5, 0.6) is 0 Å². The van der Waals surface area contributed by atoms with E-state index < -0.39 is 0 Å². The summed E-state index contributed by atoms with van der Waals surface area (Å²) in [7, 11) is 0. The highest BCUT2D eigenvalue weighted by Crippen LogP contribution is 2.22. The van der Waals surface area contributed by atoms with Crippen LogP contribution in [-0.4, -0.2) is 15.9 Å². The maximum Gasteiger partial charge on any atom is 0.224 e. The first-order valence-corrected chi connectivity index (χ1v) is 8.67. The summed E-state index contributed by atoms with van der Waals surface area (Å²) in [4.78, 5) is 20.1.